The highest BCUT2D eigenvalue weighted by Gasteiger charge is 2.24. The molecule has 0 atom stereocenters. The number of amidine groups is 2. The fourth-order valence-electron chi connectivity index (χ4n) is 7.29. The Morgan fingerprint density at radius 1 is 0.500 bits per heavy atom. The van der Waals surface area contributed by atoms with E-state index in [0.29, 0.717) is 0 Å². The van der Waals surface area contributed by atoms with E-state index in [0.717, 1.165) is 56.0 Å². The molecule has 0 radical (unpaired) electrons. The summed E-state index contributed by atoms with van der Waals surface area (Å²) >= 11 is 0. The van der Waals surface area contributed by atoms with Gasteiger partial charge in [0.25, 0.3) is 0 Å². The molecule has 2 aromatic heterocycles. The lowest BCUT2D eigenvalue weighted by molar-refractivity contribution is 0.667. The lowest BCUT2D eigenvalue weighted by Crippen LogP contribution is -2.36. The average Bonchev–Trinajstić information content (AvgIpc) is 3.71. The summed E-state index contributed by atoms with van der Waals surface area (Å²) < 4.78 is 8.97. The minimum absolute atomic E-state index is 0.452. The minimum atomic E-state index is -0.452. The maximum Gasteiger partial charge on any atom is 0.170 e. The first-order valence-corrected chi connectivity index (χ1v) is 16.2. The van der Waals surface area contributed by atoms with Crippen LogP contribution in [0.25, 0.3) is 60.2 Å². The van der Waals surface area contributed by atoms with Crippen molar-refractivity contribution in [1.29, 1.82) is 0 Å². The number of nitrogens with zero attached hydrogens (tertiary/aromatic N) is 3. The molecule has 0 aliphatic carbocycles. The summed E-state index contributed by atoms with van der Waals surface area (Å²) in [7, 11) is 0. The van der Waals surface area contributed by atoms with Crippen LogP contribution in [0.3, 0.4) is 0 Å². The number of nitrogens with one attached hydrogen (secondary N) is 1. The molecular weight excluding hydrogens is 589 g/mol. The molecule has 0 amide bonds. The van der Waals surface area contributed by atoms with Gasteiger partial charge in [-0.2, -0.15) is 0 Å². The third kappa shape index (κ3) is 4.11. The number of hydrogen-bond donors (Lipinski definition) is 1. The molecule has 1 N–H and O–H groups in total. The highest BCUT2D eigenvalue weighted by molar-refractivity contribution is 6.21. The molecule has 0 saturated heterocycles. The molecule has 5 heteroatoms. The van der Waals surface area contributed by atoms with Crippen LogP contribution in [0.1, 0.15) is 22.9 Å². The monoisotopic (exact) mass is 616 g/mol. The molecule has 0 saturated carbocycles. The van der Waals surface area contributed by atoms with Crippen LogP contribution >= 0.6 is 0 Å². The standard InChI is InChI=1S/C43H28N4O/c1-3-13-28(14-4-1)41-44-42(29-15-5-2-6-16-29)46-43(45-41)34-19-11-21-37-40(34)33-24-23-30(26-38(33)48-37)47-35-20-10-9-18-32(35)39-31-17-8-7-12-27(31)22-25-36(39)47/h1-26,43H,(H,44,45,46). The summed E-state index contributed by atoms with van der Waals surface area (Å²) in [6.07, 6.45) is -0.452. The molecule has 0 unspecified atom stereocenters. The van der Waals surface area contributed by atoms with Gasteiger partial charge in [0.05, 0.1) is 11.0 Å². The molecule has 5 nitrogen and oxygen atoms in total. The molecule has 226 valence electrons. The number of benzene rings is 7. The number of hydrogen-bond acceptors (Lipinski definition) is 4. The first-order chi connectivity index (χ1) is 23.8. The van der Waals surface area contributed by atoms with Crippen molar-refractivity contribution in [2.45, 2.75) is 6.17 Å². The van der Waals surface area contributed by atoms with Crippen molar-refractivity contribution in [1.82, 2.24) is 9.88 Å². The zero-order chi connectivity index (χ0) is 31.6. The van der Waals surface area contributed by atoms with Crippen molar-refractivity contribution in [2.75, 3.05) is 0 Å². The van der Waals surface area contributed by atoms with E-state index in [4.69, 9.17) is 14.4 Å². The smallest absolute Gasteiger partial charge is 0.170 e. The van der Waals surface area contributed by atoms with Crippen LogP contribution in [0, 0.1) is 0 Å². The predicted octanol–water partition coefficient (Wildman–Crippen LogP) is 10.3. The van der Waals surface area contributed by atoms with Crippen LogP contribution in [-0.4, -0.2) is 16.2 Å². The van der Waals surface area contributed by atoms with Gasteiger partial charge in [-0.1, -0.05) is 121 Å². The average molecular weight is 617 g/mol. The molecular formula is C43H28N4O. The first-order valence-electron chi connectivity index (χ1n) is 16.2. The molecule has 3 heterocycles. The van der Waals surface area contributed by atoms with Crippen LogP contribution in [0.2, 0.25) is 0 Å². The largest absolute Gasteiger partial charge is 0.456 e. The summed E-state index contributed by atoms with van der Waals surface area (Å²) in [5.41, 5.74) is 8.07. The molecule has 0 bridgehead atoms. The number of fused-ring (bicyclic) bond motifs is 8. The molecule has 1 aliphatic rings. The van der Waals surface area contributed by atoms with Gasteiger partial charge in [0, 0.05) is 50.0 Å². The third-order valence-electron chi connectivity index (χ3n) is 9.45. The first kappa shape index (κ1) is 26.7. The molecule has 48 heavy (non-hydrogen) atoms. The van der Waals surface area contributed by atoms with Crippen molar-refractivity contribution in [3.63, 3.8) is 0 Å². The minimum Gasteiger partial charge on any atom is -0.456 e. The fraction of sp³-hybridized carbons (Fsp3) is 0.0233. The van der Waals surface area contributed by atoms with Crippen LogP contribution < -0.4 is 5.32 Å². The van der Waals surface area contributed by atoms with Crippen molar-refractivity contribution >= 4 is 66.2 Å². The highest BCUT2D eigenvalue weighted by atomic mass is 16.3. The van der Waals surface area contributed by atoms with Gasteiger partial charge >= 0.3 is 0 Å². The lowest BCUT2D eigenvalue weighted by Gasteiger charge is -2.22. The van der Waals surface area contributed by atoms with Crippen molar-refractivity contribution in [3.05, 3.63) is 174 Å². The quantitative estimate of drug-likeness (QED) is 0.214. The van der Waals surface area contributed by atoms with Gasteiger partial charge in [0.15, 0.2) is 6.17 Å². The molecule has 9 aromatic rings. The van der Waals surface area contributed by atoms with Gasteiger partial charge < -0.3 is 14.3 Å². The van der Waals surface area contributed by atoms with Gasteiger partial charge in [0.2, 0.25) is 0 Å². The number of aromatic nitrogens is 1. The summed E-state index contributed by atoms with van der Waals surface area (Å²) in [6, 6.07) is 54.9. The second-order valence-corrected chi connectivity index (χ2v) is 12.2. The second kappa shape index (κ2) is 10.5. The normalized spacial score (nSPS) is 13.8. The van der Waals surface area contributed by atoms with E-state index in [1.54, 1.807) is 0 Å². The molecule has 0 spiro atoms. The Kier molecular flexibility index (Phi) is 5.87. The lowest BCUT2D eigenvalue weighted by atomic mass is 10.0. The van der Waals surface area contributed by atoms with Gasteiger partial charge in [-0.05, 0) is 41.1 Å². The van der Waals surface area contributed by atoms with E-state index in [-0.39, 0.29) is 0 Å². The molecule has 1 aliphatic heterocycles. The van der Waals surface area contributed by atoms with Gasteiger partial charge in [-0.25, -0.2) is 9.98 Å². The summed E-state index contributed by atoms with van der Waals surface area (Å²) in [5, 5.41) is 10.6. The van der Waals surface area contributed by atoms with E-state index < -0.39 is 6.17 Å². The Balaban J connectivity index is 1.17. The van der Waals surface area contributed by atoms with Crippen LogP contribution in [0.15, 0.2) is 172 Å². The van der Waals surface area contributed by atoms with E-state index >= 15 is 0 Å². The van der Waals surface area contributed by atoms with Crippen molar-refractivity contribution in [3.8, 4) is 5.69 Å². The van der Waals surface area contributed by atoms with Crippen molar-refractivity contribution < 1.29 is 4.42 Å². The fourth-order valence-corrected chi connectivity index (χ4v) is 7.29. The topological polar surface area (TPSA) is 54.8 Å². The second-order valence-electron chi connectivity index (χ2n) is 12.2. The number of rotatable bonds is 4. The Hall–Kier alpha value is -6.46. The zero-order valence-corrected chi connectivity index (χ0v) is 25.8. The Bertz CT molecular complexity index is 2700. The van der Waals surface area contributed by atoms with Crippen molar-refractivity contribution in [2.24, 2.45) is 9.98 Å². The molecule has 10 rings (SSSR count). The summed E-state index contributed by atoms with van der Waals surface area (Å²) in [5.74, 6) is 1.58. The molecule has 0 fully saturated rings. The Morgan fingerprint density at radius 2 is 1.19 bits per heavy atom. The third-order valence-corrected chi connectivity index (χ3v) is 9.45. The number of para-hydroxylation sites is 1. The predicted molar refractivity (Wildman–Crippen MR) is 197 cm³/mol. The Labute approximate surface area is 276 Å². The zero-order valence-electron chi connectivity index (χ0n) is 25.8. The number of furan rings is 1. The van der Waals surface area contributed by atoms with E-state index in [1.165, 1.54) is 32.6 Å². The molecule has 7 aromatic carbocycles. The summed E-state index contributed by atoms with van der Waals surface area (Å²) in [6.45, 7) is 0. The van der Waals surface area contributed by atoms with Gasteiger partial charge in [-0.3, -0.25) is 0 Å². The van der Waals surface area contributed by atoms with Gasteiger partial charge in [-0.15, -0.1) is 0 Å². The maximum atomic E-state index is 6.61. The van der Waals surface area contributed by atoms with Gasteiger partial charge in [0.1, 0.15) is 22.8 Å². The van der Waals surface area contributed by atoms with E-state index in [9.17, 15) is 0 Å². The Morgan fingerprint density at radius 3 is 1.96 bits per heavy atom. The maximum absolute atomic E-state index is 6.61. The summed E-state index contributed by atoms with van der Waals surface area (Å²) in [4.78, 5) is 10.3. The van der Waals surface area contributed by atoms with Crippen LogP contribution in [0.4, 0.5) is 0 Å². The van der Waals surface area contributed by atoms with Crippen LogP contribution in [0.5, 0.6) is 0 Å². The van der Waals surface area contributed by atoms with Crippen LogP contribution in [-0.2, 0) is 0 Å². The SMILES string of the molecule is c1ccc(C2=NC(c3cccc4oc5cc(-n6c7ccccc7c7c8ccccc8ccc76)ccc5c34)N=C(c3ccccc3)N2)cc1. The van der Waals surface area contributed by atoms with E-state index in [2.05, 4.69) is 119 Å². The number of aliphatic imine (C=N–C) groups is 2. The van der Waals surface area contributed by atoms with E-state index in [1.807, 2.05) is 48.5 Å². The highest BCUT2D eigenvalue weighted by Crippen LogP contribution is 2.40.